The van der Waals surface area contributed by atoms with E-state index in [0.29, 0.717) is 32.2 Å². The van der Waals surface area contributed by atoms with Crippen molar-refractivity contribution in [2.45, 2.75) is 129 Å². The van der Waals surface area contributed by atoms with Crippen molar-refractivity contribution in [3.05, 3.63) is 41.5 Å². The number of nitrogens with one attached hydrogen (secondary N) is 4. The highest BCUT2D eigenvalue weighted by Gasteiger charge is 2.41. The molecule has 1 fully saturated rings. The van der Waals surface area contributed by atoms with Crippen molar-refractivity contribution >= 4 is 38.0 Å². The van der Waals surface area contributed by atoms with E-state index in [1.165, 1.54) is 5.01 Å². The summed E-state index contributed by atoms with van der Waals surface area (Å²) >= 11 is 0. The van der Waals surface area contributed by atoms with Gasteiger partial charge in [-0.3, -0.25) is 24.2 Å². The normalized spacial score (nSPS) is 28.1. The molecule has 1 aromatic rings. The fourth-order valence-corrected chi connectivity index (χ4v) is 6.93. The quantitative estimate of drug-likeness (QED) is 0.345. The molecular formula is C35H57N5O5Si. The van der Waals surface area contributed by atoms with Crippen LogP contribution < -0.4 is 21.4 Å². The van der Waals surface area contributed by atoms with Crippen LogP contribution in [-0.2, 0) is 23.6 Å². The van der Waals surface area contributed by atoms with Crippen LogP contribution in [0, 0.1) is 11.8 Å². The second-order valence-electron chi connectivity index (χ2n) is 14.9. The average Bonchev–Trinajstić information content (AvgIpc) is 2.99. The first-order chi connectivity index (χ1) is 21.4. The van der Waals surface area contributed by atoms with Crippen molar-refractivity contribution < 1.29 is 23.6 Å². The monoisotopic (exact) mass is 655 g/mol. The van der Waals surface area contributed by atoms with E-state index in [1.54, 1.807) is 6.92 Å². The third-order valence-corrected chi connectivity index (χ3v) is 14.2. The number of carbonyl (C=O) groups is 4. The summed E-state index contributed by atoms with van der Waals surface area (Å²) in [5.41, 5.74) is 5.06. The maximum Gasteiger partial charge on any atom is 0.258 e. The van der Waals surface area contributed by atoms with Gasteiger partial charge in [0.25, 0.3) is 5.91 Å². The van der Waals surface area contributed by atoms with Gasteiger partial charge in [0.15, 0.2) is 8.32 Å². The molecule has 0 spiro atoms. The molecule has 0 saturated carbocycles. The lowest BCUT2D eigenvalue weighted by atomic mass is 9.96. The number of hydrogen-bond donors (Lipinski definition) is 4. The molecule has 2 aliphatic rings. The number of benzene rings is 1. The fraction of sp³-hybridized carbons (Fsp3) is 0.657. The third-order valence-electron chi connectivity index (χ3n) is 9.67. The van der Waals surface area contributed by atoms with Crippen LogP contribution in [0.25, 0.3) is 6.08 Å². The van der Waals surface area contributed by atoms with Crippen molar-refractivity contribution in [3.8, 4) is 0 Å². The van der Waals surface area contributed by atoms with Crippen LogP contribution in [0.1, 0.15) is 98.2 Å². The van der Waals surface area contributed by atoms with Gasteiger partial charge in [0.2, 0.25) is 17.7 Å². The summed E-state index contributed by atoms with van der Waals surface area (Å²) in [5, 5.41) is 10.3. The number of carbonyl (C=O) groups excluding carboxylic acids is 4. The van der Waals surface area contributed by atoms with Gasteiger partial charge >= 0.3 is 0 Å². The Morgan fingerprint density at radius 1 is 0.913 bits per heavy atom. The number of hydrazine groups is 1. The second kappa shape index (κ2) is 15.7. The first-order valence-corrected chi connectivity index (χ1v) is 19.7. The van der Waals surface area contributed by atoms with Crippen LogP contribution in [0.5, 0.6) is 0 Å². The minimum atomic E-state index is -2.23. The number of amides is 4. The summed E-state index contributed by atoms with van der Waals surface area (Å²) in [6.45, 7) is 20.5. The lowest BCUT2D eigenvalue weighted by Crippen LogP contribution is -2.62. The largest absolute Gasteiger partial charge is 0.413 e. The third kappa shape index (κ3) is 9.74. The average molecular weight is 656 g/mol. The van der Waals surface area contributed by atoms with E-state index in [-0.39, 0.29) is 40.8 Å². The standard InChI is InChI=1S/C35H57N5O5Si/c1-22(2)30-33(43)37-25(5)34(44)40-20-14-18-28(39-40)32(42)36-24(4)27-17-13-16-26(21-27)15-11-12-19-29(23(3)31(41)38-30)45-46(9,10)35(6,7)8/h11,13,15-17,21-25,28-30,39H,12,14,18-20H2,1-10H3,(H,36,42)(H,37,43)(H,38,41). The zero-order chi connectivity index (χ0) is 34.4. The molecule has 4 N–H and O–H groups in total. The predicted molar refractivity (Wildman–Crippen MR) is 185 cm³/mol. The maximum absolute atomic E-state index is 13.7. The minimum Gasteiger partial charge on any atom is -0.413 e. The number of rotatable bonds is 3. The lowest BCUT2D eigenvalue weighted by molar-refractivity contribution is -0.143. The topological polar surface area (TPSA) is 129 Å². The van der Waals surface area contributed by atoms with Gasteiger partial charge in [0.1, 0.15) is 18.1 Å². The Morgan fingerprint density at radius 2 is 1.59 bits per heavy atom. The molecule has 256 valence electrons. The Morgan fingerprint density at radius 3 is 2.24 bits per heavy atom. The second-order valence-corrected chi connectivity index (χ2v) is 19.6. The molecular weight excluding hydrogens is 599 g/mol. The molecule has 0 radical (unpaired) electrons. The molecule has 1 aromatic carbocycles. The van der Waals surface area contributed by atoms with Crippen LogP contribution in [-0.4, -0.2) is 67.7 Å². The van der Waals surface area contributed by atoms with Crippen LogP contribution >= 0.6 is 0 Å². The molecule has 3 rings (SSSR count). The van der Waals surface area contributed by atoms with E-state index in [2.05, 4.69) is 73.5 Å². The number of hydrogen-bond acceptors (Lipinski definition) is 6. The smallest absolute Gasteiger partial charge is 0.258 e. The van der Waals surface area contributed by atoms with Gasteiger partial charge in [-0.15, -0.1) is 0 Å². The summed E-state index contributed by atoms with van der Waals surface area (Å²) in [6, 6.07) is 5.55. The Balaban J connectivity index is 1.95. The van der Waals surface area contributed by atoms with Gasteiger partial charge in [-0.2, -0.15) is 0 Å². The van der Waals surface area contributed by atoms with Gasteiger partial charge in [-0.05, 0) is 80.8 Å². The predicted octanol–water partition coefficient (Wildman–Crippen LogP) is 4.84. The van der Waals surface area contributed by atoms with Gasteiger partial charge < -0.3 is 20.4 Å². The molecule has 6 unspecified atom stereocenters. The molecule has 6 atom stereocenters. The van der Waals surface area contributed by atoms with E-state index in [9.17, 15) is 19.2 Å². The SMILES string of the molecule is CC1NC(=O)C(C(C)C)NC(=O)C(C)C(O[Si](C)(C)C(C)(C)C)CCC=Cc2cccc(c2)C(C)NC(=O)C2CCCN(N2)C1=O. The van der Waals surface area contributed by atoms with E-state index in [1.807, 2.05) is 45.9 Å². The molecule has 1 saturated heterocycles. The van der Waals surface area contributed by atoms with E-state index < -0.39 is 38.3 Å². The fourth-order valence-electron chi connectivity index (χ4n) is 5.50. The van der Waals surface area contributed by atoms with Crippen molar-refractivity contribution in [2.75, 3.05) is 6.54 Å². The molecule has 2 heterocycles. The van der Waals surface area contributed by atoms with Gasteiger partial charge in [-0.1, -0.05) is 71.9 Å². The Kier molecular flexibility index (Phi) is 12.8. The molecule has 4 bridgehead atoms. The zero-order valence-electron chi connectivity index (χ0n) is 29.5. The number of allylic oxidation sites excluding steroid dienone is 1. The molecule has 0 aromatic heterocycles. The first kappa shape index (κ1) is 37.4. The van der Waals surface area contributed by atoms with Gasteiger partial charge in [0, 0.05) is 6.54 Å². The Labute approximate surface area is 277 Å². The van der Waals surface area contributed by atoms with Crippen LogP contribution in [0.2, 0.25) is 18.1 Å². The van der Waals surface area contributed by atoms with Gasteiger partial charge in [0.05, 0.1) is 18.1 Å². The highest BCUT2D eigenvalue weighted by molar-refractivity contribution is 6.74. The van der Waals surface area contributed by atoms with Gasteiger partial charge in [-0.25, -0.2) is 5.43 Å². The summed E-state index contributed by atoms with van der Waals surface area (Å²) in [5.74, 6) is -1.93. The Hall–Kier alpha value is -3.02. The highest BCUT2D eigenvalue weighted by Crippen LogP contribution is 2.39. The van der Waals surface area contributed by atoms with Crippen molar-refractivity contribution in [3.63, 3.8) is 0 Å². The van der Waals surface area contributed by atoms with Crippen LogP contribution in [0.15, 0.2) is 30.3 Å². The number of fused-ring (bicyclic) bond motifs is 4. The van der Waals surface area contributed by atoms with Crippen LogP contribution in [0.4, 0.5) is 0 Å². The van der Waals surface area contributed by atoms with E-state index in [4.69, 9.17) is 4.43 Å². The molecule has 2 aliphatic heterocycles. The molecule has 4 amide bonds. The van der Waals surface area contributed by atoms with Crippen molar-refractivity contribution in [2.24, 2.45) is 11.8 Å². The van der Waals surface area contributed by atoms with Crippen LogP contribution in [0.3, 0.4) is 0 Å². The lowest BCUT2D eigenvalue weighted by Gasteiger charge is -2.41. The number of nitrogens with zero attached hydrogens (tertiary/aromatic N) is 1. The van der Waals surface area contributed by atoms with E-state index >= 15 is 0 Å². The molecule has 0 aliphatic carbocycles. The summed E-state index contributed by atoms with van der Waals surface area (Å²) in [6.07, 6.45) is 6.38. The van der Waals surface area contributed by atoms with E-state index in [0.717, 1.165) is 11.1 Å². The first-order valence-electron chi connectivity index (χ1n) is 16.8. The summed E-state index contributed by atoms with van der Waals surface area (Å²) in [7, 11) is -2.23. The maximum atomic E-state index is 13.7. The summed E-state index contributed by atoms with van der Waals surface area (Å²) < 4.78 is 6.83. The minimum absolute atomic E-state index is 0.0430. The highest BCUT2D eigenvalue weighted by atomic mass is 28.4. The zero-order valence-corrected chi connectivity index (χ0v) is 30.5. The molecule has 10 nitrogen and oxygen atoms in total. The summed E-state index contributed by atoms with van der Waals surface area (Å²) in [4.78, 5) is 53.9. The Bertz CT molecular complexity index is 1280. The van der Waals surface area contributed by atoms with Crippen molar-refractivity contribution in [1.82, 2.24) is 26.4 Å². The molecule has 11 heteroatoms. The molecule has 46 heavy (non-hydrogen) atoms. The van der Waals surface area contributed by atoms with Crippen molar-refractivity contribution in [1.29, 1.82) is 0 Å².